The molecule has 1 saturated heterocycles. The van der Waals surface area contributed by atoms with E-state index in [9.17, 15) is 0 Å². The molecule has 0 aromatic heterocycles. The number of nitrogens with zero attached hydrogens (tertiary/aromatic N) is 2. The Kier molecular flexibility index (Phi) is 13.8. The van der Waals surface area contributed by atoms with E-state index in [1.807, 2.05) is 12.1 Å². The molecule has 44 heavy (non-hydrogen) atoms. The summed E-state index contributed by atoms with van der Waals surface area (Å²) in [6, 6.07) is 33.5. The van der Waals surface area contributed by atoms with Gasteiger partial charge < -0.3 is 20.4 Å². The van der Waals surface area contributed by atoms with E-state index < -0.39 is 0 Å². The summed E-state index contributed by atoms with van der Waals surface area (Å²) in [7, 11) is 0. The summed E-state index contributed by atoms with van der Waals surface area (Å²) in [4.78, 5) is 10.2. The van der Waals surface area contributed by atoms with Crippen LogP contribution in [-0.2, 0) is 13.1 Å². The van der Waals surface area contributed by atoms with Crippen molar-refractivity contribution >= 4 is 46.7 Å². The van der Waals surface area contributed by atoms with Gasteiger partial charge in [-0.1, -0.05) is 83.1 Å². The zero-order valence-electron chi connectivity index (χ0n) is 25.2. The molecule has 1 aliphatic rings. The van der Waals surface area contributed by atoms with Gasteiger partial charge in [-0.25, -0.2) is 0 Å². The molecule has 0 atom stereocenters. The van der Waals surface area contributed by atoms with Crippen molar-refractivity contribution in [2.24, 2.45) is 0 Å². The maximum atomic E-state index is 6.33. The summed E-state index contributed by atoms with van der Waals surface area (Å²) in [5.74, 6) is 0. The van der Waals surface area contributed by atoms with Gasteiger partial charge in [0.2, 0.25) is 0 Å². The van der Waals surface area contributed by atoms with E-state index in [2.05, 4.69) is 105 Å². The fourth-order valence-corrected chi connectivity index (χ4v) is 7.62. The Morgan fingerprint density at radius 3 is 1.36 bits per heavy atom. The fourth-order valence-electron chi connectivity index (χ4n) is 5.34. The van der Waals surface area contributed by atoms with Gasteiger partial charge >= 0.3 is 0 Å². The van der Waals surface area contributed by atoms with E-state index in [4.69, 9.17) is 23.2 Å². The van der Waals surface area contributed by atoms with Crippen molar-refractivity contribution in [2.45, 2.75) is 45.5 Å². The second-order valence-electron chi connectivity index (χ2n) is 11.1. The normalized spacial score (nSPS) is 14.2. The summed E-state index contributed by atoms with van der Waals surface area (Å²) < 4.78 is 0. The van der Waals surface area contributed by atoms with Gasteiger partial charge in [-0.05, 0) is 111 Å². The maximum absolute atomic E-state index is 6.33. The molecule has 0 saturated carbocycles. The molecule has 0 aliphatic carbocycles. The van der Waals surface area contributed by atoms with Crippen LogP contribution >= 0.6 is 46.7 Å². The highest BCUT2D eigenvalue weighted by Gasteiger charge is 2.16. The van der Waals surface area contributed by atoms with Gasteiger partial charge in [0.05, 0.1) is 0 Å². The van der Waals surface area contributed by atoms with Gasteiger partial charge in [0.15, 0.2) is 0 Å². The number of hydrogen-bond donors (Lipinski definition) is 2. The Morgan fingerprint density at radius 2 is 0.955 bits per heavy atom. The van der Waals surface area contributed by atoms with Crippen molar-refractivity contribution in [3.63, 3.8) is 0 Å². The number of piperazine rings is 1. The third-order valence-corrected chi connectivity index (χ3v) is 10.5. The Labute approximate surface area is 281 Å². The lowest BCUT2D eigenvalue weighted by molar-refractivity contribution is 0.130. The largest absolute Gasteiger partial charge is 0.313 e. The summed E-state index contributed by atoms with van der Waals surface area (Å²) in [5, 5.41) is 8.88. The molecule has 1 heterocycles. The van der Waals surface area contributed by atoms with Crippen LogP contribution in [0.15, 0.2) is 117 Å². The van der Waals surface area contributed by atoms with Crippen LogP contribution < -0.4 is 10.6 Å². The van der Waals surface area contributed by atoms with Crippen molar-refractivity contribution in [1.82, 2.24) is 20.4 Å². The topological polar surface area (TPSA) is 30.5 Å². The van der Waals surface area contributed by atoms with Crippen LogP contribution in [-0.4, -0.2) is 62.2 Å². The van der Waals surface area contributed by atoms with Crippen molar-refractivity contribution in [2.75, 3.05) is 52.4 Å². The molecule has 4 nitrogen and oxygen atoms in total. The predicted octanol–water partition coefficient (Wildman–Crippen LogP) is 8.57. The number of nitrogens with one attached hydrogen (secondary N) is 2. The number of hydrogen-bond acceptors (Lipinski definition) is 6. The number of benzene rings is 4. The lowest BCUT2D eigenvalue weighted by Gasteiger charge is -2.34. The van der Waals surface area contributed by atoms with Gasteiger partial charge in [-0.15, -0.1) is 0 Å². The first-order valence-electron chi connectivity index (χ1n) is 15.5. The van der Waals surface area contributed by atoms with Gasteiger partial charge in [0.25, 0.3) is 0 Å². The molecular formula is C36H42Cl2N4S2. The van der Waals surface area contributed by atoms with Crippen LogP contribution in [0.4, 0.5) is 0 Å². The van der Waals surface area contributed by atoms with Crippen molar-refractivity contribution in [3.05, 3.63) is 118 Å². The lowest BCUT2D eigenvalue weighted by atomic mass is 10.2. The molecule has 1 fully saturated rings. The highest BCUT2D eigenvalue weighted by molar-refractivity contribution is 7.99. The summed E-state index contributed by atoms with van der Waals surface area (Å²) in [6.45, 7) is 10.6. The van der Waals surface area contributed by atoms with Crippen LogP contribution in [0.3, 0.4) is 0 Å². The Balaban J connectivity index is 0.939. The van der Waals surface area contributed by atoms with E-state index in [1.165, 1.54) is 30.7 Å². The Hall–Kier alpha value is -2.00. The van der Waals surface area contributed by atoms with Crippen molar-refractivity contribution < 1.29 is 0 Å². The minimum absolute atomic E-state index is 0.793. The van der Waals surface area contributed by atoms with Crippen LogP contribution in [0.2, 0.25) is 10.0 Å². The molecule has 1 aliphatic heterocycles. The fraction of sp³-hybridized carbons (Fsp3) is 0.333. The molecule has 0 bridgehead atoms. The zero-order valence-corrected chi connectivity index (χ0v) is 28.3. The predicted molar refractivity (Wildman–Crippen MR) is 190 cm³/mol. The lowest BCUT2D eigenvalue weighted by Crippen LogP contribution is -2.47. The Morgan fingerprint density at radius 1 is 0.545 bits per heavy atom. The molecule has 0 spiro atoms. The number of halogens is 2. The van der Waals surface area contributed by atoms with Gasteiger partial charge in [0.1, 0.15) is 0 Å². The van der Waals surface area contributed by atoms with E-state index in [0.29, 0.717) is 0 Å². The molecule has 2 N–H and O–H groups in total. The van der Waals surface area contributed by atoms with Crippen LogP contribution in [0.5, 0.6) is 0 Å². The highest BCUT2D eigenvalue weighted by Crippen LogP contribution is 2.33. The van der Waals surface area contributed by atoms with E-state index in [1.54, 1.807) is 23.5 Å². The molecule has 0 radical (unpaired) electrons. The van der Waals surface area contributed by atoms with Gasteiger partial charge in [-0.2, -0.15) is 0 Å². The van der Waals surface area contributed by atoms with Crippen LogP contribution in [0.1, 0.15) is 24.0 Å². The smallest absolute Gasteiger partial charge is 0.0410 e. The van der Waals surface area contributed by atoms with E-state index in [-0.39, 0.29) is 0 Å². The number of rotatable bonds is 16. The van der Waals surface area contributed by atoms with E-state index in [0.717, 1.165) is 88.3 Å². The maximum Gasteiger partial charge on any atom is 0.0410 e. The standard InChI is InChI=1S/C36H42Cl2N4S2/c37-31-13-15-35(43-33-9-3-1-4-10-33)29(25-31)27-39-17-7-19-41-21-23-42(24-22-41)20-8-18-40-28-30-26-32(38)14-16-36(30)44-34-11-5-2-6-12-34/h1-6,9-16,25-26,39-40H,7-8,17-24,27-28H2. The SMILES string of the molecule is Clc1ccc(Sc2ccccc2)c(CNCCCN2CCN(CCCNCc3cc(Cl)ccc3Sc3ccccc3)CC2)c1. The summed E-state index contributed by atoms with van der Waals surface area (Å²) in [6.07, 6.45) is 2.30. The summed E-state index contributed by atoms with van der Waals surface area (Å²) >= 11 is 16.2. The molecule has 4 aromatic carbocycles. The van der Waals surface area contributed by atoms with Crippen molar-refractivity contribution in [3.8, 4) is 0 Å². The minimum atomic E-state index is 0.793. The first-order valence-corrected chi connectivity index (χ1v) is 17.9. The molecule has 8 heteroatoms. The molecule has 0 amide bonds. The third kappa shape index (κ3) is 11.1. The van der Waals surface area contributed by atoms with Crippen LogP contribution in [0.25, 0.3) is 0 Å². The third-order valence-electron chi connectivity index (χ3n) is 7.74. The zero-order chi connectivity index (χ0) is 30.4. The molecular weight excluding hydrogens is 623 g/mol. The summed E-state index contributed by atoms with van der Waals surface area (Å²) in [5.41, 5.74) is 2.52. The van der Waals surface area contributed by atoms with Crippen LogP contribution in [0, 0.1) is 0 Å². The molecule has 4 aromatic rings. The minimum Gasteiger partial charge on any atom is -0.313 e. The first-order chi connectivity index (χ1) is 21.6. The first kappa shape index (κ1) is 33.4. The average Bonchev–Trinajstić information content (AvgIpc) is 3.05. The highest BCUT2D eigenvalue weighted by atomic mass is 35.5. The van der Waals surface area contributed by atoms with Gasteiger partial charge in [-0.3, -0.25) is 0 Å². The second kappa shape index (κ2) is 18.2. The van der Waals surface area contributed by atoms with Gasteiger partial charge in [0, 0.05) is 68.9 Å². The molecule has 0 unspecified atom stereocenters. The Bertz CT molecular complexity index is 1310. The van der Waals surface area contributed by atoms with E-state index >= 15 is 0 Å². The quantitative estimate of drug-likeness (QED) is 0.117. The molecule has 232 valence electrons. The average molecular weight is 666 g/mol. The van der Waals surface area contributed by atoms with Crippen molar-refractivity contribution in [1.29, 1.82) is 0 Å². The monoisotopic (exact) mass is 664 g/mol. The second-order valence-corrected chi connectivity index (χ2v) is 14.2. The molecule has 5 rings (SSSR count).